The standard InChI is InChI=1S/C21H15BrO2/c1-23-16-12-15-7-3-4-8-17(15)20(13-16)24-21-18-9-5-2-6-14(18)10-11-19(21)22/h2-13H,1H3. The highest BCUT2D eigenvalue weighted by Gasteiger charge is 2.12. The molecule has 0 heterocycles. The van der Waals surface area contributed by atoms with Crippen LogP contribution in [0.1, 0.15) is 0 Å². The molecule has 4 aromatic rings. The number of halogens is 1. The molecule has 4 rings (SSSR count). The Kier molecular flexibility index (Phi) is 3.87. The Morgan fingerprint density at radius 2 is 1.46 bits per heavy atom. The lowest BCUT2D eigenvalue weighted by molar-refractivity contribution is 0.410. The van der Waals surface area contributed by atoms with Crippen LogP contribution in [0.2, 0.25) is 0 Å². The summed E-state index contributed by atoms with van der Waals surface area (Å²) in [6, 6.07) is 24.4. The Bertz CT molecular complexity index is 1040. The molecule has 118 valence electrons. The van der Waals surface area contributed by atoms with Gasteiger partial charge in [0.2, 0.25) is 0 Å². The van der Waals surface area contributed by atoms with E-state index in [4.69, 9.17) is 9.47 Å². The second-order valence-electron chi connectivity index (χ2n) is 5.55. The minimum absolute atomic E-state index is 0.778. The summed E-state index contributed by atoms with van der Waals surface area (Å²) in [4.78, 5) is 0. The van der Waals surface area contributed by atoms with Gasteiger partial charge in [-0.3, -0.25) is 0 Å². The van der Waals surface area contributed by atoms with Crippen molar-refractivity contribution in [2.45, 2.75) is 0 Å². The van der Waals surface area contributed by atoms with Crippen molar-refractivity contribution in [1.82, 2.24) is 0 Å². The lowest BCUT2D eigenvalue weighted by atomic mass is 10.1. The fourth-order valence-corrected chi connectivity index (χ4v) is 3.31. The second-order valence-corrected chi connectivity index (χ2v) is 6.40. The molecule has 0 amide bonds. The SMILES string of the molecule is COc1cc(Oc2c(Br)ccc3ccccc23)c2ccccc2c1. The number of ether oxygens (including phenoxy) is 2. The van der Waals surface area contributed by atoms with Gasteiger partial charge in [0, 0.05) is 16.8 Å². The summed E-state index contributed by atoms with van der Waals surface area (Å²) in [7, 11) is 1.67. The summed E-state index contributed by atoms with van der Waals surface area (Å²) in [6.07, 6.45) is 0. The molecule has 0 radical (unpaired) electrons. The molecule has 0 bridgehead atoms. The van der Waals surface area contributed by atoms with Crippen LogP contribution in [-0.2, 0) is 0 Å². The monoisotopic (exact) mass is 378 g/mol. The molecule has 4 aromatic carbocycles. The van der Waals surface area contributed by atoms with Gasteiger partial charge in [0.25, 0.3) is 0 Å². The Morgan fingerprint density at radius 3 is 2.25 bits per heavy atom. The fraction of sp³-hybridized carbons (Fsp3) is 0.0476. The summed E-state index contributed by atoms with van der Waals surface area (Å²) < 4.78 is 12.7. The molecule has 0 N–H and O–H groups in total. The normalized spacial score (nSPS) is 10.9. The van der Waals surface area contributed by atoms with Gasteiger partial charge in [-0.2, -0.15) is 0 Å². The van der Waals surface area contributed by atoms with Crippen LogP contribution >= 0.6 is 15.9 Å². The Hall–Kier alpha value is -2.52. The molecule has 0 fully saturated rings. The summed E-state index contributed by atoms with van der Waals surface area (Å²) in [6.45, 7) is 0. The first kappa shape index (κ1) is 15.0. The molecule has 24 heavy (non-hydrogen) atoms. The predicted molar refractivity (Wildman–Crippen MR) is 102 cm³/mol. The van der Waals surface area contributed by atoms with Crippen molar-refractivity contribution in [3.05, 3.63) is 77.3 Å². The van der Waals surface area contributed by atoms with Crippen LogP contribution in [0.25, 0.3) is 21.5 Å². The maximum Gasteiger partial charge on any atom is 0.149 e. The maximum atomic E-state index is 6.35. The van der Waals surface area contributed by atoms with Crippen molar-refractivity contribution >= 4 is 37.5 Å². The van der Waals surface area contributed by atoms with Crippen LogP contribution in [0, 0.1) is 0 Å². The first-order valence-electron chi connectivity index (χ1n) is 7.68. The lowest BCUT2D eigenvalue weighted by Gasteiger charge is -2.14. The van der Waals surface area contributed by atoms with Crippen molar-refractivity contribution in [2.24, 2.45) is 0 Å². The molecule has 0 aromatic heterocycles. The first-order valence-corrected chi connectivity index (χ1v) is 8.47. The van der Waals surface area contributed by atoms with E-state index < -0.39 is 0 Å². The average Bonchev–Trinajstić information content (AvgIpc) is 2.63. The van der Waals surface area contributed by atoms with E-state index in [2.05, 4.69) is 46.3 Å². The van der Waals surface area contributed by atoms with Gasteiger partial charge in [-0.1, -0.05) is 54.6 Å². The number of benzene rings is 4. The summed E-state index contributed by atoms with van der Waals surface area (Å²) >= 11 is 3.62. The average molecular weight is 379 g/mol. The highest BCUT2D eigenvalue weighted by Crippen LogP contribution is 2.40. The molecule has 0 saturated carbocycles. The van der Waals surface area contributed by atoms with Crippen LogP contribution in [0.4, 0.5) is 0 Å². The Balaban J connectivity index is 1.93. The fourth-order valence-electron chi connectivity index (χ4n) is 2.88. The van der Waals surface area contributed by atoms with Gasteiger partial charge in [-0.15, -0.1) is 0 Å². The Labute approximate surface area is 148 Å². The van der Waals surface area contributed by atoms with E-state index in [1.807, 2.05) is 42.5 Å². The van der Waals surface area contributed by atoms with Crippen molar-refractivity contribution in [3.8, 4) is 17.2 Å². The van der Waals surface area contributed by atoms with E-state index in [1.54, 1.807) is 7.11 Å². The van der Waals surface area contributed by atoms with E-state index in [0.29, 0.717) is 0 Å². The molecular formula is C21H15BrO2. The quantitative estimate of drug-likeness (QED) is 0.402. The molecule has 2 nitrogen and oxygen atoms in total. The zero-order valence-corrected chi connectivity index (χ0v) is 14.7. The largest absolute Gasteiger partial charge is 0.497 e. The van der Waals surface area contributed by atoms with E-state index in [1.165, 1.54) is 0 Å². The zero-order valence-electron chi connectivity index (χ0n) is 13.1. The zero-order chi connectivity index (χ0) is 16.5. The topological polar surface area (TPSA) is 18.5 Å². The number of hydrogen-bond acceptors (Lipinski definition) is 2. The number of hydrogen-bond donors (Lipinski definition) is 0. The van der Waals surface area contributed by atoms with Gasteiger partial charge in [-0.05, 0) is 38.8 Å². The predicted octanol–water partition coefficient (Wildman–Crippen LogP) is 6.56. The van der Waals surface area contributed by atoms with E-state index >= 15 is 0 Å². The third kappa shape index (κ3) is 2.61. The second kappa shape index (κ2) is 6.17. The highest BCUT2D eigenvalue weighted by molar-refractivity contribution is 9.10. The summed E-state index contributed by atoms with van der Waals surface area (Å²) in [5.74, 6) is 2.37. The molecule has 3 heteroatoms. The van der Waals surface area contributed by atoms with Crippen LogP contribution in [0.15, 0.2) is 77.3 Å². The molecule has 0 unspecified atom stereocenters. The molecule has 0 atom stereocenters. The molecule has 0 saturated heterocycles. The van der Waals surface area contributed by atoms with Gasteiger partial charge >= 0.3 is 0 Å². The molecule has 0 spiro atoms. The van der Waals surface area contributed by atoms with Crippen molar-refractivity contribution in [1.29, 1.82) is 0 Å². The molecule has 0 aliphatic heterocycles. The molecule has 0 aliphatic carbocycles. The molecular weight excluding hydrogens is 364 g/mol. The van der Waals surface area contributed by atoms with Crippen LogP contribution < -0.4 is 9.47 Å². The van der Waals surface area contributed by atoms with Crippen LogP contribution in [0.5, 0.6) is 17.2 Å². The number of methoxy groups -OCH3 is 1. The third-order valence-electron chi connectivity index (χ3n) is 4.08. The van der Waals surface area contributed by atoms with Crippen molar-refractivity contribution < 1.29 is 9.47 Å². The smallest absolute Gasteiger partial charge is 0.149 e. The summed E-state index contributed by atoms with van der Waals surface area (Å²) in [5, 5.41) is 4.35. The van der Waals surface area contributed by atoms with Crippen LogP contribution in [-0.4, -0.2) is 7.11 Å². The summed E-state index contributed by atoms with van der Waals surface area (Å²) in [5.41, 5.74) is 0. The van der Waals surface area contributed by atoms with E-state index in [9.17, 15) is 0 Å². The Morgan fingerprint density at radius 1 is 0.750 bits per heavy atom. The van der Waals surface area contributed by atoms with Crippen LogP contribution in [0.3, 0.4) is 0 Å². The van der Waals surface area contributed by atoms with Crippen molar-refractivity contribution in [2.75, 3.05) is 7.11 Å². The molecule has 0 aliphatic rings. The van der Waals surface area contributed by atoms with Gasteiger partial charge in [0.1, 0.15) is 17.2 Å². The third-order valence-corrected chi connectivity index (χ3v) is 4.70. The highest BCUT2D eigenvalue weighted by atomic mass is 79.9. The minimum Gasteiger partial charge on any atom is -0.497 e. The first-order chi connectivity index (χ1) is 11.8. The van der Waals surface area contributed by atoms with Gasteiger partial charge in [0.05, 0.1) is 11.6 Å². The van der Waals surface area contributed by atoms with E-state index in [0.717, 1.165) is 43.3 Å². The maximum absolute atomic E-state index is 6.35. The number of fused-ring (bicyclic) bond motifs is 2. The van der Waals surface area contributed by atoms with Gasteiger partial charge in [0.15, 0.2) is 0 Å². The minimum atomic E-state index is 0.778. The van der Waals surface area contributed by atoms with Crippen molar-refractivity contribution in [3.63, 3.8) is 0 Å². The van der Waals surface area contributed by atoms with Gasteiger partial charge in [-0.25, -0.2) is 0 Å². The van der Waals surface area contributed by atoms with E-state index in [-0.39, 0.29) is 0 Å². The lowest BCUT2D eigenvalue weighted by Crippen LogP contribution is -1.91. The number of rotatable bonds is 3. The van der Waals surface area contributed by atoms with Gasteiger partial charge < -0.3 is 9.47 Å².